The van der Waals surface area contributed by atoms with Gasteiger partial charge < -0.3 is 10.2 Å². The summed E-state index contributed by atoms with van der Waals surface area (Å²) in [6, 6.07) is 10.6. The van der Waals surface area contributed by atoms with Crippen molar-refractivity contribution in [2.24, 2.45) is 0 Å². The Kier molecular flexibility index (Phi) is 3.33. The van der Waals surface area contributed by atoms with Gasteiger partial charge in [0.15, 0.2) is 0 Å². The van der Waals surface area contributed by atoms with Gasteiger partial charge >= 0.3 is 0 Å². The fraction of sp³-hybridized carbons (Fsp3) is 0.533. The smallest absolute Gasteiger partial charge is 0.239 e. The van der Waals surface area contributed by atoms with E-state index in [4.69, 9.17) is 0 Å². The summed E-state index contributed by atoms with van der Waals surface area (Å²) < 4.78 is 0. The average molecular weight is 244 g/mol. The Morgan fingerprint density at radius 2 is 2.06 bits per heavy atom. The highest BCUT2D eigenvalue weighted by Crippen LogP contribution is 2.27. The van der Waals surface area contributed by atoms with Crippen LogP contribution < -0.4 is 5.32 Å². The van der Waals surface area contributed by atoms with Gasteiger partial charge in [-0.05, 0) is 31.4 Å². The van der Waals surface area contributed by atoms with Crippen molar-refractivity contribution in [2.75, 3.05) is 19.6 Å². The second kappa shape index (κ2) is 5.11. The Hall–Kier alpha value is -1.35. The molecule has 0 aromatic heterocycles. The molecular formula is C15H20N2O. The number of nitrogens with one attached hydrogen (secondary N) is 1. The Bertz CT molecular complexity index is 412. The molecule has 2 fully saturated rings. The molecule has 0 bridgehead atoms. The minimum Gasteiger partial charge on any atom is -0.341 e. The summed E-state index contributed by atoms with van der Waals surface area (Å²) in [5.74, 6) is 0.836. The van der Waals surface area contributed by atoms with Gasteiger partial charge in [-0.3, -0.25) is 4.79 Å². The van der Waals surface area contributed by atoms with Crippen molar-refractivity contribution >= 4 is 5.91 Å². The molecule has 3 heteroatoms. The summed E-state index contributed by atoms with van der Waals surface area (Å²) >= 11 is 0. The molecule has 0 aliphatic carbocycles. The van der Waals surface area contributed by atoms with Crippen LogP contribution in [0.5, 0.6) is 0 Å². The number of nitrogens with zero attached hydrogens (tertiary/aromatic N) is 1. The lowest BCUT2D eigenvalue weighted by Gasteiger charge is -2.20. The normalized spacial score (nSPS) is 27.7. The van der Waals surface area contributed by atoms with Gasteiger partial charge in [0.25, 0.3) is 0 Å². The van der Waals surface area contributed by atoms with E-state index in [2.05, 4.69) is 29.6 Å². The van der Waals surface area contributed by atoms with Gasteiger partial charge in [-0.2, -0.15) is 0 Å². The lowest BCUT2D eigenvalue weighted by atomic mass is 9.99. The Balaban J connectivity index is 1.63. The molecule has 3 rings (SSSR count). The van der Waals surface area contributed by atoms with Crippen molar-refractivity contribution in [3.8, 4) is 0 Å². The highest BCUT2D eigenvalue weighted by atomic mass is 16.2. The fourth-order valence-corrected chi connectivity index (χ4v) is 3.07. The Labute approximate surface area is 108 Å². The summed E-state index contributed by atoms with van der Waals surface area (Å²) in [6.07, 6.45) is 3.24. The zero-order valence-corrected chi connectivity index (χ0v) is 10.6. The van der Waals surface area contributed by atoms with Crippen LogP contribution in [0.15, 0.2) is 30.3 Å². The average Bonchev–Trinajstić information content (AvgIpc) is 3.10. The third-order valence-corrected chi connectivity index (χ3v) is 4.13. The number of benzene rings is 1. The maximum atomic E-state index is 12.3. The van der Waals surface area contributed by atoms with Crippen LogP contribution in [0.4, 0.5) is 0 Å². The van der Waals surface area contributed by atoms with Gasteiger partial charge in [0.2, 0.25) is 5.91 Å². The molecule has 0 saturated carbocycles. The van der Waals surface area contributed by atoms with E-state index in [-0.39, 0.29) is 6.04 Å². The Morgan fingerprint density at radius 3 is 2.78 bits per heavy atom. The van der Waals surface area contributed by atoms with Gasteiger partial charge in [0.1, 0.15) is 0 Å². The number of likely N-dealkylation sites (tertiary alicyclic amines) is 1. The number of hydrogen-bond donors (Lipinski definition) is 1. The number of amides is 1. The van der Waals surface area contributed by atoms with Crippen molar-refractivity contribution < 1.29 is 4.79 Å². The van der Waals surface area contributed by atoms with Crippen molar-refractivity contribution in [3.63, 3.8) is 0 Å². The molecule has 2 aliphatic rings. The molecule has 1 aromatic rings. The van der Waals surface area contributed by atoms with E-state index in [0.29, 0.717) is 11.8 Å². The third kappa shape index (κ3) is 2.27. The van der Waals surface area contributed by atoms with Crippen molar-refractivity contribution in [1.29, 1.82) is 0 Å². The zero-order chi connectivity index (χ0) is 12.4. The summed E-state index contributed by atoms with van der Waals surface area (Å²) in [7, 11) is 0. The predicted octanol–water partition coefficient (Wildman–Crippen LogP) is 1.75. The molecule has 1 N–H and O–H groups in total. The number of carbonyl (C=O) groups excluding carboxylic acids is 1. The van der Waals surface area contributed by atoms with E-state index in [0.717, 1.165) is 38.9 Å². The van der Waals surface area contributed by atoms with Crippen LogP contribution in [0.3, 0.4) is 0 Å². The molecule has 1 amide bonds. The maximum absolute atomic E-state index is 12.3. The van der Waals surface area contributed by atoms with Gasteiger partial charge in [-0.15, -0.1) is 0 Å². The molecule has 2 heterocycles. The van der Waals surface area contributed by atoms with Crippen LogP contribution in [0.2, 0.25) is 0 Å². The van der Waals surface area contributed by atoms with Crippen LogP contribution >= 0.6 is 0 Å². The molecule has 1 aromatic carbocycles. The molecule has 2 atom stereocenters. The van der Waals surface area contributed by atoms with E-state index in [1.807, 2.05) is 11.0 Å². The van der Waals surface area contributed by atoms with Gasteiger partial charge in [0.05, 0.1) is 6.04 Å². The van der Waals surface area contributed by atoms with Gasteiger partial charge in [-0.1, -0.05) is 30.3 Å². The summed E-state index contributed by atoms with van der Waals surface area (Å²) in [5.41, 5.74) is 1.37. The summed E-state index contributed by atoms with van der Waals surface area (Å²) in [4.78, 5) is 14.3. The summed E-state index contributed by atoms with van der Waals surface area (Å²) in [5, 5.41) is 3.30. The number of hydrogen-bond acceptors (Lipinski definition) is 2. The van der Waals surface area contributed by atoms with Crippen LogP contribution in [-0.4, -0.2) is 36.5 Å². The molecule has 96 valence electrons. The highest BCUT2D eigenvalue weighted by Gasteiger charge is 2.32. The largest absolute Gasteiger partial charge is 0.341 e. The van der Waals surface area contributed by atoms with E-state index in [9.17, 15) is 4.79 Å². The van der Waals surface area contributed by atoms with Crippen LogP contribution in [0, 0.1) is 0 Å². The lowest BCUT2D eigenvalue weighted by Crippen LogP contribution is -2.42. The monoisotopic (exact) mass is 244 g/mol. The van der Waals surface area contributed by atoms with Crippen molar-refractivity contribution in [1.82, 2.24) is 10.2 Å². The van der Waals surface area contributed by atoms with E-state index in [1.54, 1.807) is 0 Å². The quantitative estimate of drug-likeness (QED) is 0.859. The first-order valence-corrected chi connectivity index (χ1v) is 6.92. The van der Waals surface area contributed by atoms with Crippen molar-refractivity contribution in [3.05, 3.63) is 35.9 Å². The minimum absolute atomic E-state index is 0.0829. The van der Waals surface area contributed by atoms with E-state index < -0.39 is 0 Å². The number of carbonyl (C=O) groups is 1. The fourth-order valence-electron chi connectivity index (χ4n) is 3.07. The molecule has 3 nitrogen and oxygen atoms in total. The van der Waals surface area contributed by atoms with Crippen LogP contribution in [0.25, 0.3) is 0 Å². The standard InChI is InChI=1S/C15H20N2O/c18-15(14-7-4-9-16-14)17-10-8-13(11-17)12-5-2-1-3-6-12/h1-3,5-6,13-14,16H,4,7-11H2/t13-,14+/m0/s1. The number of rotatable bonds is 2. The van der Waals surface area contributed by atoms with Crippen LogP contribution in [-0.2, 0) is 4.79 Å². The molecule has 0 radical (unpaired) electrons. The van der Waals surface area contributed by atoms with Gasteiger partial charge in [-0.25, -0.2) is 0 Å². The molecule has 0 spiro atoms. The molecule has 18 heavy (non-hydrogen) atoms. The molecular weight excluding hydrogens is 224 g/mol. The second-order valence-corrected chi connectivity index (χ2v) is 5.33. The maximum Gasteiger partial charge on any atom is 0.239 e. The zero-order valence-electron chi connectivity index (χ0n) is 10.6. The lowest BCUT2D eigenvalue weighted by molar-refractivity contribution is -0.132. The SMILES string of the molecule is O=C([C@H]1CCCN1)N1CC[C@H](c2ccccc2)C1. The first kappa shape index (κ1) is 11.7. The van der Waals surface area contributed by atoms with E-state index in [1.165, 1.54) is 5.56 Å². The first-order chi connectivity index (χ1) is 8.84. The molecule has 0 unspecified atom stereocenters. The van der Waals surface area contributed by atoms with E-state index >= 15 is 0 Å². The molecule has 2 saturated heterocycles. The predicted molar refractivity (Wildman–Crippen MR) is 71.4 cm³/mol. The van der Waals surface area contributed by atoms with Crippen LogP contribution in [0.1, 0.15) is 30.7 Å². The van der Waals surface area contributed by atoms with Gasteiger partial charge in [0, 0.05) is 19.0 Å². The summed E-state index contributed by atoms with van der Waals surface area (Å²) in [6.45, 7) is 2.80. The first-order valence-electron chi connectivity index (χ1n) is 6.92. The Morgan fingerprint density at radius 1 is 1.22 bits per heavy atom. The highest BCUT2D eigenvalue weighted by molar-refractivity contribution is 5.82. The third-order valence-electron chi connectivity index (χ3n) is 4.13. The topological polar surface area (TPSA) is 32.3 Å². The molecule has 2 aliphatic heterocycles. The van der Waals surface area contributed by atoms with Crippen molar-refractivity contribution in [2.45, 2.75) is 31.2 Å². The minimum atomic E-state index is 0.0829. The second-order valence-electron chi connectivity index (χ2n) is 5.33.